The van der Waals surface area contributed by atoms with Gasteiger partial charge in [-0.15, -0.1) is 0 Å². The molecule has 15 heavy (non-hydrogen) atoms. The summed E-state index contributed by atoms with van der Waals surface area (Å²) < 4.78 is 0. The van der Waals surface area contributed by atoms with E-state index in [2.05, 4.69) is 15.9 Å². The Morgan fingerprint density at radius 3 is 2.73 bits per heavy atom. The van der Waals surface area contributed by atoms with Crippen LogP contribution in [0.15, 0.2) is 18.2 Å². The minimum absolute atomic E-state index is 0.0811. The van der Waals surface area contributed by atoms with E-state index in [1.54, 1.807) is 0 Å². The van der Waals surface area contributed by atoms with E-state index in [0.717, 1.165) is 17.0 Å². The maximum Gasteiger partial charge on any atom is 0.146 e. The molecule has 0 fully saturated rings. The first-order valence-corrected chi connectivity index (χ1v) is 6.25. The van der Waals surface area contributed by atoms with Gasteiger partial charge in [0.05, 0.1) is 4.83 Å². The Balaban J connectivity index is 2.76. The van der Waals surface area contributed by atoms with Gasteiger partial charge in [-0.25, -0.2) is 0 Å². The highest BCUT2D eigenvalue weighted by Crippen LogP contribution is 2.19. The molecule has 0 saturated carbocycles. The largest absolute Gasteiger partial charge is 0.298 e. The van der Waals surface area contributed by atoms with Crippen LogP contribution in [-0.4, -0.2) is 10.6 Å². The summed E-state index contributed by atoms with van der Waals surface area (Å²) in [7, 11) is 0. The van der Waals surface area contributed by atoms with Crippen LogP contribution in [-0.2, 0) is 11.2 Å². The molecule has 1 aromatic carbocycles. The summed E-state index contributed by atoms with van der Waals surface area (Å²) in [4.78, 5) is 11.3. The van der Waals surface area contributed by atoms with Gasteiger partial charge >= 0.3 is 0 Å². The van der Waals surface area contributed by atoms with E-state index in [1.807, 2.05) is 32.0 Å². The molecule has 0 aromatic heterocycles. The summed E-state index contributed by atoms with van der Waals surface area (Å²) in [6.45, 7) is 3.89. The lowest BCUT2D eigenvalue weighted by molar-refractivity contribution is -0.118. The van der Waals surface area contributed by atoms with Crippen molar-refractivity contribution in [3.05, 3.63) is 34.3 Å². The number of aryl methyl sites for hydroxylation is 1. The van der Waals surface area contributed by atoms with Crippen molar-refractivity contribution in [2.75, 3.05) is 0 Å². The fourth-order valence-corrected chi connectivity index (χ4v) is 2.32. The predicted molar refractivity (Wildman–Crippen MR) is 67.9 cm³/mol. The highest BCUT2D eigenvalue weighted by atomic mass is 79.9. The fourth-order valence-electron chi connectivity index (χ4n) is 1.42. The highest BCUT2D eigenvalue weighted by molar-refractivity contribution is 9.10. The molecule has 3 heteroatoms. The van der Waals surface area contributed by atoms with Crippen molar-refractivity contribution in [1.29, 1.82) is 0 Å². The Hall–Kier alpha value is -0.340. The van der Waals surface area contributed by atoms with Gasteiger partial charge < -0.3 is 0 Å². The van der Waals surface area contributed by atoms with Crippen molar-refractivity contribution in [2.24, 2.45) is 0 Å². The Labute approximate surface area is 104 Å². The molecule has 1 nitrogen and oxygen atoms in total. The van der Waals surface area contributed by atoms with Gasteiger partial charge in [-0.05, 0) is 36.6 Å². The molecule has 0 spiro atoms. The van der Waals surface area contributed by atoms with Crippen LogP contribution in [0.4, 0.5) is 0 Å². The number of ketones is 1. The van der Waals surface area contributed by atoms with E-state index >= 15 is 0 Å². The molecule has 0 radical (unpaired) electrons. The molecule has 1 rings (SSSR count). The second-order valence-corrected chi connectivity index (χ2v) is 5.10. The summed E-state index contributed by atoms with van der Waals surface area (Å²) in [6.07, 6.45) is 1.30. The minimum Gasteiger partial charge on any atom is -0.298 e. The first-order chi connectivity index (χ1) is 7.04. The number of alkyl halides is 1. The van der Waals surface area contributed by atoms with E-state index in [9.17, 15) is 4.79 Å². The van der Waals surface area contributed by atoms with Crippen molar-refractivity contribution in [3.63, 3.8) is 0 Å². The van der Waals surface area contributed by atoms with E-state index in [-0.39, 0.29) is 10.6 Å². The Kier molecular flexibility index (Phi) is 4.81. The van der Waals surface area contributed by atoms with Crippen LogP contribution in [0, 0.1) is 6.92 Å². The van der Waals surface area contributed by atoms with Crippen molar-refractivity contribution < 1.29 is 4.79 Å². The van der Waals surface area contributed by atoms with Crippen molar-refractivity contribution >= 4 is 33.3 Å². The summed E-state index contributed by atoms with van der Waals surface area (Å²) in [5.41, 5.74) is 2.30. The molecule has 82 valence electrons. The van der Waals surface area contributed by atoms with E-state index in [0.29, 0.717) is 6.42 Å². The number of halogens is 2. The van der Waals surface area contributed by atoms with Crippen molar-refractivity contribution in [2.45, 2.75) is 31.5 Å². The van der Waals surface area contributed by atoms with E-state index in [1.165, 1.54) is 5.56 Å². The number of carbonyl (C=O) groups excluding carboxylic acids is 1. The van der Waals surface area contributed by atoms with E-state index in [4.69, 9.17) is 11.6 Å². The zero-order valence-corrected chi connectivity index (χ0v) is 11.2. The molecule has 0 aliphatic heterocycles. The van der Waals surface area contributed by atoms with Crippen LogP contribution in [0.25, 0.3) is 0 Å². The van der Waals surface area contributed by atoms with E-state index < -0.39 is 0 Å². The lowest BCUT2D eigenvalue weighted by Crippen LogP contribution is -2.15. The topological polar surface area (TPSA) is 17.1 Å². The van der Waals surface area contributed by atoms with Gasteiger partial charge in [-0.2, -0.15) is 0 Å². The molecule has 0 aliphatic rings. The molecule has 1 aromatic rings. The van der Waals surface area contributed by atoms with Crippen LogP contribution in [0.2, 0.25) is 5.02 Å². The number of hydrogen-bond donors (Lipinski definition) is 0. The quantitative estimate of drug-likeness (QED) is 0.768. The first-order valence-electron chi connectivity index (χ1n) is 4.96. The lowest BCUT2D eigenvalue weighted by atomic mass is 10.0. The van der Waals surface area contributed by atoms with Gasteiger partial charge in [-0.3, -0.25) is 4.79 Å². The van der Waals surface area contributed by atoms with Crippen molar-refractivity contribution in [3.8, 4) is 0 Å². The third-order valence-corrected chi connectivity index (χ3v) is 3.47. The molecule has 1 unspecified atom stereocenters. The van der Waals surface area contributed by atoms with Gasteiger partial charge in [0.15, 0.2) is 0 Å². The lowest BCUT2D eigenvalue weighted by Gasteiger charge is -2.10. The number of hydrogen-bond acceptors (Lipinski definition) is 1. The SMILES string of the molecule is CCC(=O)C(Br)Cc1ccc(Cl)cc1C. The van der Waals surface area contributed by atoms with Gasteiger partial charge in [0.1, 0.15) is 5.78 Å². The average Bonchev–Trinajstić information content (AvgIpc) is 2.20. The van der Waals surface area contributed by atoms with Crippen LogP contribution >= 0.6 is 27.5 Å². The summed E-state index contributed by atoms with van der Waals surface area (Å²) in [5, 5.41) is 0.740. The number of carbonyl (C=O) groups is 1. The number of rotatable bonds is 4. The Bertz CT molecular complexity index is 363. The van der Waals surface area contributed by atoms with Crippen LogP contribution < -0.4 is 0 Å². The van der Waals surface area contributed by atoms with Crippen LogP contribution in [0.5, 0.6) is 0 Å². The Morgan fingerprint density at radius 1 is 1.53 bits per heavy atom. The standard InChI is InChI=1S/C12H14BrClO/c1-3-12(15)11(13)7-9-4-5-10(14)6-8(9)2/h4-6,11H,3,7H2,1-2H3. The van der Waals surface area contributed by atoms with Crippen molar-refractivity contribution in [1.82, 2.24) is 0 Å². The second kappa shape index (κ2) is 5.66. The molecule has 0 heterocycles. The maximum absolute atomic E-state index is 11.4. The van der Waals surface area contributed by atoms with Gasteiger partial charge in [0.25, 0.3) is 0 Å². The monoisotopic (exact) mass is 288 g/mol. The van der Waals surface area contributed by atoms with Gasteiger partial charge in [-0.1, -0.05) is 40.5 Å². The molecule has 0 N–H and O–H groups in total. The summed E-state index contributed by atoms with van der Waals surface area (Å²) >= 11 is 9.27. The third kappa shape index (κ3) is 3.62. The molecule has 1 atom stereocenters. The minimum atomic E-state index is -0.0811. The van der Waals surface area contributed by atoms with Gasteiger partial charge in [0, 0.05) is 11.4 Å². The zero-order valence-electron chi connectivity index (χ0n) is 8.89. The zero-order chi connectivity index (χ0) is 11.4. The second-order valence-electron chi connectivity index (χ2n) is 3.56. The maximum atomic E-state index is 11.4. The molecular formula is C12H14BrClO. The van der Waals surface area contributed by atoms with Crippen LogP contribution in [0.1, 0.15) is 24.5 Å². The molecule has 0 amide bonds. The normalized spacial score (nSPS) is 12.5. The summed E-state index contributed by atoms with van der Waals surface area (Å²) in [6, 6.07) is 5.77. The molecule has 0 saturated heterocycles. The smallest absolute Gasteiger partial charge is 0.146 e. The Morgan fingerprint density at radius 2 is 2.20 bits per heavy atom. The third-order valence-electron chi connectivity index (χ3n) is 2.40. The number of benzene rings is 1. The summed E-state index contributed by atoms with van der Waals surface area (Å²) in [5.74, 6) is 0.240. The predicted octanol–water partition coefficient (Wildman–Crippen LogP) is 3.93. The highest BCUT2D eigenvalue weighted by Gasteiger charge is 2.14. The number of Topliss-reactive ketones (excluding diaryl/α,β-unsaturated/α-hetero) is 1. The first kappa shape index (κ1) is 12.7. The average molecular weight is 290 g/mol. The molecule has 0 bridgehead atoms. The fraction of sp³-hybridized carbons (Fsp3) is 0.417. The molecular weight excluding hydrogens is 275 g/mol. The molecule has 0 aliphatic carbocycles. The van der Waals surface area contributed by atoms with Crippen LogP contribution in [0.3, 0.4) is 0 Å². The van der Waals surface area contributed by atoms with Gasteiger partial charge in [0.2, 0.25) is 0 Å².